The Bertz CT molecular complexity index is 687. The number of amides is 1. The molecule has 6 heteroatoms. The Morgan fingerprint density at radius 1 is 0.962 bits per heavy atom. The molecule has 0 bridgehead atoms. The quantitative estimate of drug-likeness (QED) is 0.661. The molecule has 6 nitrogen and oxygen atoms in total. The number of carbonyl (C=O) groups excluding carboxylic acids is 1. The first-order valence-corrected chi connectivity index (χ1v) is 8.51. The van der Waals surface area contributed by atoms with Crippen LogP contribution in [0, 0.1) is 0 Å². The highest BCUT2D eigenvalue weighted by Crippen LogP contribution is 2.20. The smallest absolute Gasteiger partial charge is 0.261 e. The third-order valence-corrected chi connectivity index (χ3v) is 3.71. The fourth-order valence-electron chi connectivity index (χ4n) is 2.29. The van der Waals surface area contributed by atoms with Crippen LogP contribution in [0.5, 0.6) is 23.0 Å². The number of ether oxygens (including phenoxy) is 4. The van der Waals surface area contributed by atoms with E-state index < -0.39 is 6.10 Å². The van der Waals surface area contributed by atoms with Crippen molar-refractivity contribution < 1.29 is 23.7 Å². The molecule has 0 saturated carbocycles. The highest BCUT2D eigenvalue weighted by molar-refractivity contribution is 5.81. The van der Waals surface area contributed by atoms with Crippen molar-refractivity contribution in [1.82, 2.24) is 5.32 Å². The zero-order valence-electron chi connectivity index (χ0n) is 15.4. The predicted octanol–water partition coefficient (Wildman–Crippen LogP) is 3.06. The van der Waals surface area contributed by atoms with E-state index in [1.54, 1.807) is 26.4 Å². The SMILES string of the molecule is CC[C@H](Oc1cccc(OC)c1)C(=O)NCCOc1ccc(OC)cc1. The summed E-state index contributed by atoms with van der Waals surface area (Å²) in [5, 5.41) is 2.83. The fraction of sp³-hybridized carbons (Fsp3) is 0.350. The van der Waals surface area contributed by atoms with E-state index in [0.717, 1.165) is 11.5 Å². The van der Waals surface area contributed by atoms with Gasteiger partial charge in [-0.15, -0.1) is 0 Å². The minimum atomic E-state index is -0.567. The number of hydrogen-bond donors (Lipinski definition) is 1. The van der Waals surface area contributed by atoms with E-state index in [-0.39, 0.29) is 5.91 Å². The van der Waals surface area contributed by atoms with Crippen molar-refractivity contribution in [2.75, 3.05) is 27.4 Å². The van der Waals surface area contributed by atoms with Gasteiger partial charge in [-0.2, -0.15) is 0 Å². The molecule has 0 aliphatic heterocycles. The molecule has 0 spiro atoms. The van der Waals surface area contributed by atoms with Crippen LogP contribution in [0.3, 0.4) is 0 Å². The molecule has 2 rings (SSSR count). The van der Waals surface area contributed by atoms with Gasteiger partial charge in [-0.25, -0.2) is 0 Å². The fourth-order valence-corrected chi connectivity index (χ4v) is 2.29. The lowest BCUT2D eigenvalue weighted by Gasteiger charge is -2.17. The van der Waals surface area contributed by atoms with Gasteiger partial charge in [0.2, 0.25) is 0 Å². The first kappa shape index (κ1) is 19.4. The van der Waals surface area contributed by atoms with Gasteiger partial charge in [0, 0.05) is 6.07 Å². The van der Waals surface area contributed by atoms with Gasteiger partial charge >= 0.3 is 0 Å². The molecule has 0 aromatic heterocycles. The molecule has 26 heavy (non-hydrogen) atoms. The van der Waals surface area contributed by atoms with E-state index in [1.807, 2.05) is 43.3 Å². The third-order valence-electron chi connectivity index (χ3n) is 3.71. The lowest BCUT2D eigenvalue weighted by Crippen LogP contribution is -2.39. The molecule has 0 saturated heterocycles. The Labute approximate surface area is 154 Å². The monoisotopic (exact) mass is 359 g/mol. The van der Waals surface area contributed by atoms with E-state index in [1.165, 1.54) is 0 Å². The highest BCUT2D eigenvalue weighted by atomic mass is 16.5. The van der Waals surface area contributed by atoms with Crippen molar-refractivity contribution in [2.24, 2.45) is 0 Å². The zero-order chi connectivity index (χ0) is 18.8. The molecule has 0 aliphatic rings. The van der Waals surface area contributed by atoms with Crippen LogP contribution in [0.15, 0.2) is 48.5 Å². The van der Waals surface area contributed by atoms with Crippen LogP contribution >= 0.6 is 0 Å². The molecule has 0 radical (unpaired) electrons. The summed E-state index contributed by atoms with van der Waals surface area (Å²) in [6, 6.07) is 14.5. The summed E-state index contributed by atoms with van der Waals surface area (Å²) in [6.07, 6.45) is -0.00866. The van der Waals surface area contributed by atoms with Crippen molar-refractivity contribution in [2.45, 2.75) is 19.4 Å². The topological polar surface area (TPSA) is 66.0 Å². The number of rotatable bonds is 10. The Kier molecular flexibility index (Phi) is 7.61. The average molecular weight is 359 g/mol. The molecular formula is C20H25NO5. The molecule has 2 aromatic rings. The van der Waals surface area contributed by atoms with Crippen molar-refractivity contribution in [3.05, 3.63) is 48.5 Å². The molecule has 0 unspecified atom stereocenters. The maximum absolute atomic E-state index is 12.3. The average Bonchev–Trinajstić information content (AvgIpc) is 2.69. The maximum atomic E-state index is 12.3. The molecule has 1 atom stereocenters. The van der Waals surface area contributed by atoms with Crippen LogP contribution in [0.2, 0.25) is 0 Å². The Balaban J connectivity index is 1.77. The van der Waals surface area contributed by atoms with Crippen molar-refractivity contribution in [1.29, 1.82) is 0 Å². The normalized spacial score (nSPS) is 11.3. The van der Waals surface area contributed by atoms with E-state index in [0.29, 0.717) is 31.1 Å². The van der Waals surface area contributed by atoms with Crippen LogP contribution in [0.1, 0.15) is 13.3 Å². The summed E-state index contributed by atoms with van der Waals surface area (Å²) in [4.78, 5) is 12.3. The van der Waals surface area contributed by atoms with Gasteiger partial charge in [0.05, 0.1) is 20.8 Å². The zero-order valence-corrected chi connectivity index (χ0v) is 15.4. The van der Waals surface area contributed by atoms with E-state index in [4.69, 9.17) is 18.9 Å². The van der Waals surface area contributed by atoms with Crippen molar-refractivity contribution >= 4 is 5.91 Å². The van der Waals surface area contributed by atoms with Gasteiger partial charge in [0.15, 0.2) is 6.10 Å². The maximum Gasteiger partial charge on any atom is 0.261 e. The van der Waals surface area contributed by atoms with Gasteiger partial charge in [-0.05, 0) is 42.8 Å². The summed E-state index contributed by atoms with van der Waals surface area (Å²) in [7, 11) is 3.20. The van der Waals surface area contributed by atoms with Gasteiger partial charge < -0.3 is 24.3 Å². The second-order valence-electron chi connectivity index (χ2n) is 5.51. The number of carbonyl (C=O) groups is 1. The number of methoxy groups -OCH3 is 2. The molecule has 2 aromatic carbocycles. The molecule has 1 amide bonds. The standard InChI is InChI=1S/C20H25NO5/c1-4-19(26-18-7-5-6-17(14-18)24-3)20(22)21-12-13-25-16-10-8-15(23-2)9-11-16/h5-11,14,19H,4,12-13H2,1-3H3,(H,21,22)/t19-/m0/s1. The van der Waals surface area contributed by atoms with Gasteiger partial charge in [-0.1, -0.05) is 13.0 Å². The van der Waals surface area contributed by atoms with E-state index in [9.17, 15) is 4.79 Å². The number of hydrogen-bond acceptors (Lipinski definition) is 5. The molecule has 0 heterocycles. The first-order valence-electron chi connectivity index (χ1n) is 8.51. The molecular weight excluding hydrogens is 334 g/mol. The number of nitrogens with one attached hydrogen (secondary N) is 1. The van der Waals surface area contributed by atoms with Crippen LogP contribution in [-0.4, -0.2) is 39.4 Å². The molecule has 0 fully saturated rings. The van der Waals surface area contributed by atoms with Crippen LogP contribution in [0.4, 0.5) is 0 Å². The first-order chi connectivity index (χ1) is 12.7. The van der Waals surface area contributed by atoms with Crippen LogP contribution < -0.4 is 24.3 Å². The Hall–Kier alpha value is -2.89. The third kappa shape index (κ3) is 5.88. The summed E-state index contributed by atoms with van der Waals surface area (Å²) >= 11 is 0. The van der Waals surface area contributed by atoms with Gasteiger partial charge in [-0.3, -0.25) is 4.79 Å². The van der Waals surface area contributed by atoms with Crippen molar-refractivity contribution in [3.63, 3.8) is 0 Å². The minimum Gasteiger partial charge on any atom is -0.497 e. The Morgan fingerprint density at radius 3 is 2.27 bits per heavy atom. The lowest BCUT2D eigenvalue weighted by atomic mass is 10.2. The second kappa shape index (κ2) is 10.2. The van der Waals surface area contributed by atoms with Crippen molar-refractivity contribution in [3.8, 4) is 23.0 Å². The molecule has 140 valence electrons. The predicted molar refractivity (Wildman–Crippen MR) is 99.2 cm³/mol. The van der Waals surface area contributed by atoms with Gasteiger partial charge in [0.25, 0.3) is 5.91 Å². The summed E-state index contributed by atoms with van der Waals surface area (Å²) in [5.74, 6) is 2.60. The summed E-state index contributed by atoms with van der Waals surface area (Å²) in [6.45, 7) is 2.66. The molecule has 1 N–H and O–H groups in total. The summed E-state index contributed by atoms with van der Waals surface area (Å²) < 4.78 is 21.6. The highest BCUT2D eigenvalue weighted by Gasteiger charge is 2.18. The van der Waals surface area contributed by atoms with E-state index in [2.05, 4.69) is 5.32 Å². The summed E-state index contributed by atoms with van der Waals surface area (Å²) in [5.41, 5.74) is 0. The lowest BCUT2D eigenvalue weighted by molar-refractivity contribution is -0.128. The number of benzene rings is 2. The second-order valence-corrected chi connectivity index (χ2v) is 5.51. The van der Waals surface area contributed by atoms with E-state index >= 15 is 0 Å². The van der Waals surface area contributed by atoms with Crippen LogP contribution in [0.25, 0.3) is 0 Å². The van der Waals surface area contributed by atoms with Crippen LogP contribution in [-0.2, 0) is 4.79 Å². The Morgan fingerprint density at radius 2 is 1.62 bits per heavy atom. The minimum absolute atomic E-state index is 0.173. The largest absolute Gasteiger partial charge is 0.497 e. The van der Waals surface area contributed by atoms with Gasteiger partial charge in [0.1, 0.15) is 29.6 Å². The molecule has 0 aliphatic carbocycles.